The quantitative estimate of drug-likeness (QED) is 0.0227. The maximum absolute atomic E-state index is 13.2. The first-order valence-electron chi connectivity index (χ1n) is 31.9. The van der Waals surface area contributed by atoms with Crippen LogP contribution in [0.2, 0.25) is 0 Å². The first-order valence-corrected chi connectivity index (χ1v) is 31.9. The van der Waals surface area contributed by atoms with E-state index in [4.69, 9.17) is 28.4 Å². The van der Waals surface area contributed by atoms with Crippen LogP contribution in [-0.4, -0.2) is 193 Å². The number of ether oxygens (including phenoxy) is 6. The number of aliphatic hydroxyl groups is 11. The summed E-state index contributed by atoms with van der Waals surface area (Å²) in [7, 11) is 0. The Kier molecular flexibility index (Phi) is 40.9. The Balaban J connectivity index is 1.30. The molecular weight excluding hydrogens is 1030 g/mol. The van der Waals surface area contributed by atoms with Crippen molar-refractivity contribution in [1.29, 1.82) is 0 Å². The van der Waals surface area contributed by atoms with E-state index in [1.165, 1.54) is 167 Å². The van der Waals surface area contributed by atoms with E-state index in [0.29, 0.717) is 6.42 Å². The molecule has 0 aromatic heterocycles. The SMILES string of the molecule is CCCCC/C=C/C(O)C(COC1OC(CO)C(OC2OC(CO)C(OC3OC(CO)C(O)C(O)C3O)C(O)C2O)C(O)C1O)NC(=O)CCCCCCCCCCCCCCCCCCCCCCCCCCCCCCCC. The van der Waals surface area contributed by atoms with E-state index in [2.05, 4.69) is 19.2 Å². The van der Waals surface area contributed by atoms with E-state index in [-0.39, 0.29) is 18.9 Å². The van der Waals surface area contributed by atoms with Crippen molar-refractivity contribution in [3.8, 4) is 0 Å². The van der Waals surface area contributed by atoms with Crippen molar-refractivity contribution in [3.05, 3.63) is 12.2 Å². The topological polar surface area (TPSA) is 307 Å². The summed E-state index contributed by atoms with van der Waals surface area (Å²) in [5.41, 5.74) is 0. The van der Waals surface area contributed by atoms with E-state index >= 15 is 0 Å². The molecule has 3 aliphatic rings. The largest absolute Gasteiger partial charge is 0.394 e. The molecule has 0 aromatic carbocycles. The summed E-state index contributed by atoms with van der Waals surface area (Å²) in [6.45, 7) is 1.61. The molecule has 80 heavy (non-hydrogen) atoms. The Bertz CT molecular complexity index is 1510. The minimum absolute atomic E-state index is 0.247. The van der Waals surface area contributed by atoms with Crippen molar-refractivity contribution in [2.75, 3.05) is 26.4 Å². The van der Waals surface area contributed by atoms with Gasteiger partial charge in [0.15, 0.2) is 18.9 Å². The van der Waals surface area contributed by atoms with Gasteiger partial charge in [-0.1, -0.05) is 225 Å². The Morgan fingerprint density at radius 1 is 0.438 bits per heavy atom. The zero-order valence-corrected chi connectivity index (χ0v) is 49.3. The van der Waals surface area contributed by atoms with Crippen molar-refractivity contribution in [1.82, 2.24) is 5.32 Å². The maximum atomic E-state index is 13.2. The van der Waals surface area contributed by atoms with Gasteiger partial charge in [-0.25, -0.2) is 0 Å². The highest BCUT2D eigenvalue weighted by molar-refractivity contribution is 5.76. The smallest absolute Gasteiger partial charge is 0.220 e. The molecular formula is C61H115NO18. The number of hydrogen-bond acceptors (Lipinski definition) is 18. The van der Waals surface area contributed by atoms with E-state index in [0.717, 1.165) is 44.9 Å². The lowest BCUT2D eigenvalue weighted by Gasteiger charge is -2.48. The minimum atomic E-state index is -1.97. The van der Waals surface area contributed by atoms with Crippen LogP contribution in [0.3, 0.4) is 0 Å². The molecule has 3 fully saturated rings. The van der Waals surface area contributed by atoms with Crippen LogP contribution in [0.4, 0.5) is 0 Å². The highest BCUT2D eigenvalue weighted by Crippen LogP contribution is 2.33. The molecule has 17 unspecified atom stereocenters. The molecule has 3 aliphatic heterocycles. The summed E-state index contributed by atoms with van der Waals surface area (Å²) < 4.78 is 34.1. The van der Waals surface area contributed by atoms with E-state index < -0.39 is 124 Å². The molecule has 19 heteroatoms. The van der Waals surface area contributed by atoms with Crippen LogP contribution in [0, 0.1) is 0 Å². The van der Waals surface area contributed by atoms with Gasteiger partial charge in [-0.15, -0.1) is 0 Å². The fourth-order valence-electron chi connectivity index (χ4n) is 11.1. The van der Waals surface area contributed by atoms with Crippen molar-refractivity contribution in [2.45, 2.75) is 343 Å². The number of allylic oxidation sites excluding steroid dienone is 1. The van der Waals surface area contributed by atoms with Crippen molar-refractivity contribution >= 4 is 5.91 Å². The van der Waals surface area contributed by atoms with Crippen LogP contribution in [0.5, 0.6) is 0 Å². The van der Waals surface area contributed by atoms with Gasteiger partial charge < -0.3 is 89.9 Å². The van der Waals surface area contributed by atoms with E-state index in [1.807, 2.05) is 6.08 Å². The van der Waals surface area contributed by atoms with Crippen molar-refractivity contribution in [2.24, 2.45) is 0 Å². The Hall–Kier alpha value is -1.47. The second-order valence-corrected chi connectivity index (χ2v) is 23.2. The van der Waals surface area contributed by atoms with Gasteiger partial charge in [-0.05, 0) is 19.3 Å². The third-order valence-electron chi connectivity index (χ3n) is 16.3. The molecule has 0 saturated carbocycles. The summed E-state index contributed by atoms with van der Waals surface area (Å²) in [6, 6.07) is -0.964. The van der Waals surface area contributed by atoms with Crippen molar-refractivity contribution in [3.63, 3.8) is 0 Å². The fraction of sp³-hybridized carbons (Fsp3) is 0.951. The third-order valence-corrected chi connectivity index (χ3v) is 16.3. The molecule has 12 N–H and O–H groups in total. The number of carbonyl (C=O) groups excluding carboxylic acids is 1. The molecule has 0 radical (unpaired) electrons. The summed E-state index contributed by atoms with van der Waals surface area (Å²) >= 11 is 0. The molecule has 3 saturated heterocycles. The number of unbranched alkanes of at least 4 members (excludes halogenated alkanes) is 32. The van der Waals surface area contributed by atoms with Crippen LogP contribution in [-0.2, 0) is 33.2 Å². The average molecular weight is 1150 g/mol. The van der Waals surface area contributed by atoms with Gasteiger partial charge in [-0.3, -0.25) is 4.79 Å². The lowest BCUT2D eigenvalue weighted by Crippen LogP contribution is -2.66. The number of hydrogen-bond donors (Lipinski definition) is 12. The number of rotatable bonds is 48. The predicted octanol–water partition coefficient (Wildman–Crippen LogP) is 6.55. The van der Waals surface area contributed by atoms with Crippen LogP contribution < -0.4 is 5.32 Å². The lowest BCUT2D eigenvalue weighted by molar-refractivity contribution is -0.379. The van der Waals surface area contributed by atoms with Gasteiger partial charge in [0.05, 0.1) is 38.6 Å². The molecule has 3 heterocycles. The number of aliphatic hydroxyl groups excluding tert-OH is 11. The summed E-state index contributed by atoms with van der Waals surface area (Å²) in [5.74, 6) is -0.278. The molecule has 3 rings (SSSR count). The Labute approximate surface area is 480 Å². The third kappa shape index (κ3) is 28.2. The number of amides is 1. The zero-order valence-electron chi connectivity index (χ0n) is 49.3. The van der Waals surface area contributed by atoms with Crippen LogP contribution in [0.15, 0.2) is 12.2 Å². The van der Waals surface area contributed by atoms with Gasteiger partial charge in [0.25, 0.3) is 0 Å². The standard InChI is InChI=1S/C61H115NO18/c1-3-5-7-9-10-11-12-13-14-15-16-17-18-19-20-21-22-23-24-25-26-27-28-29-30-31-32-33-35-37-39-49(67)62-44(45(66)38-36-34-8-6-4-2)43-75-59-55(73)52(70)57(47(41-64)77-59)80-61-56(74)53(71)58(48(42-65)78-61)79-60-54(72)51(69)50(68)46(40-63)76-60/h36,38,44-48,50-61,63-66,68-74H,3-35,37,39-43H2,1-2H3,(H,62,67)/b38-36+. The summed E-state index contributed by atoms with van der Waals surface area (Å²) in [6.07, 6.45) is 20.2. The lowest BCUT2D eigenvalue weighted by atomic mass is 9.96. The molecule has 472 valence electrons. The molecule has 1 amide bonds. The second kappa shape index (κ2) is 44.9. The molecule has 17 atom stereocenters. The molecule has 0 aromatic rings. The highest BCUT2D eigenvalue weighted by atomic mass is 16.8. The average Bonchev–Trinajstić information content (AvgIpc) is 3.58. The number of carbonyl (C=O) groups is 1. The maximum Gasteiger partial charge on any atom is 0.220 e. The van der Waals surface area contributed by atoms with Gasteiger partial charge in [0, 0.05) is 6.42 Å². The summed E-state index contributed by atoms with van der Waals surface area (Å²) in [5, 5.41) is 119. The predicted molar refractivity (Wildman–Crippen MR) is 305 cm³/mol. The van der Waals surface area contributed by atoms with Gasteiger partial charge in [-0.2, -0.15) is 0 Å². The monoisotopic (exact) mass is 1150 g/mol. The van der Waals surface area contributed by atoms with Gasteiger partial charge in [0.1, 0.15) is 73.2 Å². The van der Waals surface area contributed by atoms with E-state index in [9.17, 15) is 61.0 Å². The van der Waals surface area contributed by atoms with Crippen LogP contribution in [0.1, 0.15) is 239 Å². The van der Waals surface area contributed by atoms with E-state index in [1.54, 1.807) is 6.08 Å². The first-order chi connectivity index (χ1) is 38.8. The summed E-state index contributed by atoms with van der Waals surface area (Å²) in [4.78, 5) is 13.2. The second-order valence-electron chi connectivity index (χ2n) is 23.2. The van der Waals surface area contributed by atoms with Crippen LogP contribution in [0.25, 0.3) is 0 Å². The normalized spacial score (nSPS) is 30.0. The Morgan fingerprint density at radius 3 is 1.18 bits per heavy atom. The van der Waals surface area contributed by atoms with Crippen LogP contribution >= 0.6 is 0 Å². The van der Waals surface area contributed by atoms with Gasteiger partial charge >= 0.3 is 0 Å². The Morgan fingerprint density at radius 2 is 0.775 bits per heavy atom. The minimum Gasteiger partial charge on any atom is -0.394 e. The molecule has 0 bridgehead atoms. The molecule has 0 aliphatic carbocycles. The highest BCUT2D eigenvalue weighted by Gasteiger charge is 2.53. The van der Waals surface area contributed by atoms with Crippen molar-refractivity contribution < 1.29 is 89.4 Å². The number of nitrogens with one attached hydrogen (secondary N) is 1. The molecule has 0 spiro atoms. The first kappa shape index (κ1) is 72.8. The zero-order chi connectivity index (χ0) is 58.3. The van der Waals surface area contributed by atoms with Gasteiger partial charge in [0.2, 0.25) is 5.91 Å². The molecule has 19 nitrogen and oxygen atoms in total. The fourth-order valence-corrected chi connectivity index (χ4v) is 11.1.